The van der Waals surface area contributed by atoms with E-state index >= 15 is 0 Å². The number of anilines is 2. The molecule has 0 fully saturated rings. The van der Waals surface area contributed by atoms with Gasteiger partial charge in [-0.15, -0.1) is 0 Å². The molecule has 2 aromatic heterocycles. The number of carbonyl (C=O) groups is 2. The summed E-state index contributed by atoms with van der Waals surface area (Å²) in [5.74, 6) is 0.226. The number of nitrogens with one attached hydrogen (secondary N) is 3. The summed E-state index contributed by atoms with van der Waals surface area (Å²) in [4.78, 5) is 37.5. The van der Waals surface area contributed by atoms with E-state index in [-0.39, 0.29) is 11.9 Å². The van der Waals surface area contributed by atoms with E-state index in [1.54, 1.807) is 30.5 Å². The minimum Gasteiger partial charge on any atom is -0.338 e. The number of carbonyl (C=O) groups excluding carboxylic acids is 2. The topological polar surface area (TPSA) is 109 Å². The second-order valence-corrected chi connectivity index (χ2v) is 7.18. The Balaban J connectivity index is 1.51. The zero-order valence-corrected chi connectivity index (χ0v) is 17.7. The van der Waals surface area contributed by atoms with Gasteiger partial charge in [0.1, 0.15) is 11.3 Å². The number of urea groups is 1. The number of benzene rings is 2. The SMILES string of the molecule is CCNC(=O)Nc1ccc2ncc(-c3ccc(NC(=O)c4ccc(C)cc4)cc3)nc2n1. The van der Waals surface area contributed by atoms with Crippen molar-refractivity contribution in [3.05, 3.63) is 78.0 Å². The summed E-state index contributed by atoms with van der Waals surface area (Å²) in [6, 6.07) is 17.9. The van der Waals surface area contributed by atoms with Gasteiger partial charge in [0, 0.05) is 23.4 Å². The van der Waals surface area contributed by atoms with Gasteiger partial charge in [0.2, 0.25) is 0 Å². The van der Waals surface area contributed by atoms with Crippen LogP contribution < -0.4 is 16.0 Å². The lowest BCUT2D eigenvalue weighted by Crippen LogP contribution is -2.28. The standard InChI is InChI=1S/C24H22N6O2/c1-3-25-24(32)30-21-13-12-19-22(29-21)28-20(14-26-19)16-8-10-18(11-9-16)27-23(31)17-6-4-15(2)5-7-17/h4-14H,3H2,1-2H3,(H,27,31)(H2,25,28,29,30,32). The van der Waals surface area contributed by atoms with Gasteiger partial charge in [0.25, 0.3) is 5.91 Å². The van der Waals surface area contributed by atoms with Crippen LogP contribution in [-0.4, -0.2) is 33.4 Å². The van der Waals surface area contributed by atoms with E-state index in [2.05, 4.69) is 30.9 Å². The molecule has 4 aromatic rings. The number of pyridine rings is 1. The molecule has 0 aliphatic rings. The number of fused-ring (bicyclic) bond motifs is 1. The highest BCUT2D eigenvalue weighted by Crippen LogP contribution is 2.22. The number of rotatable bonds is 5. The number of hydrogen-bond acceptors (Lipinski definition) is 5. The molecule has 0 radical (unpaired) electrons. The zero-order chi connectivity index (χ0) is 22.5. The Hall–Kier alpha value is -4.33. The molecular weight excluding hydrogens is 404 g/mol. The molecule has 2 heterocycles. The Morgan fingerprint density at radius 3 is 2.34 bits per heavy atom. The first-order valence-electron chi connectivity index (χ1n) is 10.2. The molecule has 3 N–H and O–H groups in total. The lowest BCUT2D eigenvalue weighted by Gasteiger charge is -2.08. The largest absolute Gasteiger partial charge is 0.338 e. The summed E-state index contributed by atoms with van der Waals surface area (Å²) < 4.78 is 0. The maximum atomic E-state index is 12.4. The van der Waals surface area contributed by atoms with Gasteiger partial charge in [-0.2, -0.15) is 0 Å². The Bertz CT molecular complexity index is 1270. The van der Waals surface area contributed by atoms with E-state index in [9.17, 15) is 9.59 Å². The van der Waals surface area contributed by atoms with E-state index in [4.69, 9.17) is 0 Å². The lowest BCUT2D eigenvalue weighted by atomic mass is 10.1. The fraction of sp³-hybridized carbons (Fsp3) is 0.125. The molecule has 0 aliphatic carbocycles. The van der Waals surface area contributed by atoms with Crippen LogP contribution in [0.1, 0.15) is 22.8 Å². The molecule has 8 heteroatoms. The molecule has 0 bridgehead atoms. The highest BCUT2D eigenvalue weighted by Gasteiger charge is 2.09. The average Bonchev–Trinajstić information content (AvgIpc) is 2.79. The van der Waals surface area contributed by atoms with Crippen molar-refractivity contribution in [1.29, 1.82) is 0 Å². The summed E-state index contributed by atoms with van der Waals surface area (Å²) in [5.41, 5.74) is 4.89. The monoisotopic (exact) mass is 426 g/mol. The Kier molecular flexibility index (Phi) is 6.03. The normalized spacial score (nSPS) is 10.6. The Labute approximate surface area is 185 Å². The predicted molar refractivity (Wildman–Crippen MR) is 125 cm³/mol. The van der Waals surface area contributed by atoms with E-state index in [1.807, 2.05) is 50.2 Å². The van der Waals surface area contributed by atoms with Crippen molar-refractivity contribution < 1.29 is 9.59 Å². The van der Waals surface area contributed by atoms with Gasteiger partial charge in [-0.25, -0.2) is 14.8 Å². The minimum atomic E-state index is -0.327. The van der Waals surface area contributed by atoms with Crippen molar-refractivity contribution in [2.75, 3.05) is 17.2 Å². The maximum Gasteiger partial charge on any atom is 0.320 e. The third kappa shape index (κ3) is 4.86. The molecule has 0 spiro atoms. The van der Waals surface area contributed by atoms with Crippen molar-refractivity contribution >= 4 is 34.6 Å². The second kappa shape index (κ2) is 9.22. The van der Waals surface area contributed by atoms with E-state index < -0.39 is 0 Å². The predicted octanol–water partition coefficient (Wildman–Crippen LogP) is 4.39. The molecule has 0 saturated carbocycles. The summed E-state index contributed by atoms with van der Waals surface area (Å²) >= 11 is 0. The van der Waals surface area contributed by atoms with Crippen molar-refractivity contribution in [3.8, 4) is 11.3 Å². The second-order valence-electron chi connectivity index (χ2n) is 7.18. The molecule has 32 heavy (non-hydrogen) atoms. The molecule has 0 unspecified atom stereocenters. The summed E-state index contributed by atoms with van der Waals surface area (Å²) in [7, 11) is 0. The summed E-state index contributed by atoms with van der Waals surface area (Å²) in [6.07, 6.45) is 1.67. The number of hydrogen-bond donors (Lipinski definition) is 3. The van der Waals surface area contributed by atoms with E-state index in [0.29, 0.717) is 40.5 Å². The number of nitrogens with zero attached hydrogens (tertiary/aromatic N) is 3. The van der Waals surface area contributed by atoms with Crippen LogP contribution in [0, 0.1) is 6.92 Å². The number of amides is 3. The van der Waals surface area contributed by atoms with Gasteiger partial charge in [-0.3, -0.25) is 15.1 Å². The van der Waals surface area contributed by atoms with Gasteiger partial charge in [0.15, 0.2) is 5.65 Å². The minimum absolute atomic E-state index is 0.167. The van der Waals surface area contributed by atoms with Crippen LogP contribution in [0.15, 0.2) is 66.9 Å². The summed E-state index contributed by atoms with van der Waals surface area (Å²) in [5, 5.41) is 8.21. The zero-order valence-electron chi connectivity index (χ0n) is 17.7. The first-order chi connectivity index (χ1) is 15.5. The fourth-order valence-corrected chi connectivity index (χ4v) is 3.06. The van der Waals surface area contributed by atoms with Gasteiger partial charge < -0.3 is 10.6 Å². The molecule has 0 atom stereocenters. The summed E-state index contributed by atoms with van der Waals surface area (Å²) in [6.45, 7) is 4.33. The highest BCUT2D eigenvalue weighted by molar-refractivity contribution is 6.04. The highest BCUT2D eigenvalue weighted by atomic mass is 16.2. The van der Waals surface area contributed by atoms with Crippen LogP contribution in [0.5, 0.6) is 0 Å². The quantitative estimate of drug-likeness (QED) is 0.438. The Morgan fingerprint density at radius 2 is 1.62 bits per heavy atom. The van der Waals surface area contributed by atoms with Crippen LogP contribution in [-0.2, 0) is 0 Å². The van der Waals surface area contributed by atoms with Crippen molar-refractivity contribution in [3.63, 3.8) is 0 Å². The third-order valence-corrected chi connectivity index (χ3v) is 4.74. The first kappa shape index (κ1) is 20.9. The van der Waals surface area contributed by atoms with E-state index in [0.717, 1.165) is 11.1 Å². The maximum absolute atomic E-state index is 12.4. The van der Waals surface area contributed by atoms with Crippen LogP contribution in [0.3, 0.4) is 0 Å². The lowest BCUT2D eigenvalue weighted by molar-refractivity contribution is 0.102. The van der Waals surface area contributed by atoms with Gasteiger partial charge in [-0.05, 0) is 50.2 Å². The first-order valence-corrected chi connectivity index (χ1v) is 10.2. The molecule has 160 valence electrons. The van der Waals surface area contributed by atoms with Crippen LogP contribution in [0.4, 0.5) is 16.3 Å². The molecule has 3 amide bonds. The Morgan fingerprint density at radius 1 is 0.875 bits per heavy atom. The van der Waals surface area contributed by atoms with Crippen LogP contribution in [0.25, 0.3) is 22.4 Å². The van der Waals surface area contributed by atoms with Crippen LogP contribution >= 0.6 is 0 Å². The van der Waals surface area contributed by atoms with Gasteiger partial charge >= 0.3 is 6.03 Å². The van der Waals surface area contributed by atoms with Crippen molar-refractivity contribution in [2.45, 2.75) is 13.8 Å². The smallest absolute Gasteiger partial charge is 0.320 e. The molecule has 4 rings (SSSR count). The fourth-order valence-electron chi connectivity index (χ4n) is 3.06. The van der Waals surface area contributed by atoms with Crippen molar-refractivity contribution in [1.82, 2.24) is 20.3 Å². The molecular formula is C24H22N6O2. The van der Waals surface area contributed by atoms with Crippen molar-refractivity contribution in [2.24, 2.45) is 0 Å². The third-order valence-electron chi connectivity index (χ3n) is 4.74. The van der Waals surface area contributed by atoms with Crippen LogP contribution in [0.2, 0.25) is 0 Å². The molecule has 2 aromatic carbocycles. The van der Waals surface area contributed by atoms with Gasteiger partial charge in [0.05, 0.1) is 11.9 Å². The van der Waals surface area contributed by atoms with Gasteiger partial charge in [-0.1, -0.05) is 29.8 Å². The molecule has 8 nitrogen and oxygen atoms in total. The van der Waals surface area contributed by atoms with E-state index in [1.165, 1.54) is 0 Å². The number of aryl methyl sites for hydroxylation is 1. The molecule has 0 aliphatic heterocycles. The average molecular weight is 426 g/mol. The molecule has 0 saturated heterocycles. The number of aromatic nitrogens is 3.